The zero-order chi connectivity index (χ0) is 19.1. The minimum atomic E-state index is -0.0856. The lowest BCUT2D eigenvalue weighted by Crippen LogP contribution is -2.28. The van der Waals surface area contributed by atoms with Crippen molar-refractivity contribution < 1.29 is 9.53 Å². The van der Waals surface area contributed by atoms with Crippen molar-refractivity contribution in [2.24, 2.45) is 0 Å². The number of carbonyl (C=O) groups is 1. The van der Waals surface area contributed by atoms with Crippen molar-refractivity contribution in [1.29, 1.82) is 0 Å². The molecular formula is C21H22N2O2S2. The number of aromatic nitrogens is 1. The summed E-state index contributed by atoms with van der Waals surface area (Å²) >= 11 is 3.38. The smallest absolute Gasteiger partial charge is 0.251 e. The average molecular weight is 399 g/mol. The van der Waals surface area contributed by atoms with E-state index in [1.807, 2.05) is 62.4 Å². The predicted octanol–water partition coefficient (Wildman–Crippen LogP) is 4.86. The third kappa shape index (κ3) is 6.12. The van der Waals surface area contributed by atoms with Gasteiger partial charge in [-0.15, -0.1) is 11.3 Å². The minimum absolute atomic E-state index is 0.0856. The van der Waals surface area contributed by atoms with Gasteiger partial charge in [-0.05, 0) is 49.2 Å². The van der Waals surface area contributed by atoms with Crippen LogP contribution in [-0.2, 0) is 5.75 Å². The molecule has 0 aliphatic rings. The fourth-order valence-corrected chi connectivity index (χ4v) is 4.24. The van der Waals surface area contributed by atoms with Crippen molar-refractivity contribution in [3.8, 4) is 5.75 Å². The first-order valence-corrected chi connectivity index (χ1v) is 10.6. The molecule has 0 fully saturated rings. The molecule has 0 aliphatic heterocycles. The Morgan fingerprint density at radius 2 is 2.00 bits per heavy atom. The van der Waals surface area contributed by atoms with E-state index in [1.54, 1.807) is 23.1 Å². The van der Waals surface area contributed by atoms with Gasteiger partial charge in [0.1, 0.15) is 16.7 Å². The SMILES string of the molecule is Cc1cccc(OCCNC(=O)c2ccc(CSc3nc(C)cs3)cc2)c1. The molecule has 4 nitrogen and oxygen atoms in total. The number of nitrogens with one attached hydrogen (secondary N) is 1. The van der Waals surface area contributed by atoms with Crippen LogP contribution >= 0.6 is 23.1 Å². The summed E-state index contributed by atoms with van der Waals surface area (Å²) in [7, 11) is 0. The predicted molar refractivity (Wildman–Crippen MR) is 112 cm³/mol. The summed E-state index contributed by atoms with van der Waals surface area (Å²) in [5.41, 5.74) is 4.04. The first-order valence-electron chi connectivity index (χ1n) is 8.72. The van der Waals surface area contributed by atoms with Gasteiger partial charge in [0.2, 0.25) is 0 Å². The van der Waals surface area contributed by atoms with E-state index in [1.165, 1.54) is 5.56 Å². The van der Waals surface area contributed by atoms with Crippen LogP contribution < -0.4 is 10.1 Å². The first kappa shape index (κ1) is 19.5. The lowest BCUT2D eigenvalue weighted by molar-refractivity contribution is 0.0947. The normalized spacial score (nSPS) is 10.6. The third-order valence-corrected chi connectivity index (χ3v) is 6.03. The van der Waals surface area contributed by atoms with E-state index in [4.69, 9.17) is 4.74 Å². The molecule has 0 unspecified atom stereocenters. The largest absolute Gasteiger partial charge is 0.492 e. The summed E-state index contributed by atoms with van der Waals surface area (Å²) in [5, 5.41) is 4.94. The van der Waals surface area contributed by atoms with Crippen LogP contribution in [0, 0.1) is 13.8 Å². The summed E-state index contributed by atoms with van der Waals surface area (Å²) in [6.07, 6.45) is 0. The molecule has 0 spiro atoms. The van der Waals surface area contributed by atoms with Gasteiger partial charge >= 0.3 is 0 Å². The van der Waals surface area contributed by atoms with Crippen LogP contribution in [0.3, 0.4) is 0 Å². The molecule has 3 aromatic rings. The quantitative estimate of drug-likeness (QED) is 0.435. The van der Waals surface area contributed by atoms with Gasteiger partial charge < -0.3 is 10.1 Å². The molecule has 1 amide bonds. The maximum atomic E-state index is 12.2. The highest BCUT2D eigenvalue weighted by molar-refractivity contribution is 8.00. The zero-order valence-corrected chi connectivity index (χ0v) is 17.0. The summed E-state index contributed by atoms with van der Waals surface area (Å²) in [5.74, 6) is 1.58. The maximum Gasteiger partial charge on any atom is 0.251 e. The number of carbonyl (C=O) groups excluding carboxylic acids is 1. The van der Waals surface area contributed by atoms with E-state index in [0.717, 1.165) is 27.1 Å². The lowest BCUT2D eigenvalue weighted by atomic mass is 10.1. The highest BCUT2D eigenvalue weighted by Crippen LogP contribution is 2.26. The van der Waals surface area contributed by atoms with Crippen molar-refractivity contribution in [2.75, 3.05) is 13.2 Å². The van der Waals surface area contributed by atoms with Crippen molar-refractivity contribution in [1.82, 2.24) is 10.3 Å². The number of thiazole rings is 1. The second-order valence-corrected chi connectivity index (χ2v) is 8.24. The number of nitrogens with zero attached hydrogens (tertiary/aromatic N) is 1. The van der Waals surface area contributed by atoms with Gasteiger partial charge in [0.15, 0.2) is 0 Å². The molecule has 1 heterocycles. The van der Waals surface area contributed by atoms with Crippen LogP contribution in [0.4, 0.5) is 0 Å². The Labute approximate surface area is 168 Å². The first-order chi connectivity index (χ1) is 13.1. The molecule has 0 atom stereocenters. The topological polar surface area (TPSA) is 51.2 Å². The van der Waals surface area contributed by atoms with Crippen molar-refractivity contribution in [3.63, 3.8) is 0 Å². The molecule has 27 heavy (non-hydrogen) atoms. The second-order valence-electron chi connectivity index (χ2n) is 6.16. The number of hydrogen-bond donors (Lipinski definition) is 1. The lowest BCUT2D eigenvalue weighted by Gasteiger charge is -2.09. The Morgan fingerprint density at radius 1 is 1.19 bits per heavy atom. The molecule has 0 radical (unpaired) electrons. The van der Waals surface area contributed by atoms with E-state index >= 15 is 0 Å². The maximum absolute atomic E-state index is 12.2. The number of thioether (sulfide) groups is 1. The standard InChI is InChI=1S/C21H22N2O2S2/c1-15-4-3-5-19(12-15)25-11-10-22-20(24)18-8-6-17(7-9-18)14-27-21-23-16(2)13-26-21/h3-9,12-13H,10-11,14H2,1-2H3,(H,22,24). The molecule has 3 rings (SSSR count). The summed E-state index contributed by atoms with van der Waals surface area (Å²) in [4.78, 5) is 16.7. The Morgan fingerprint density at radius 3 is 2.70 bits per heavy atom. The van der Waals surface area contributed by atoms with E-state index in [-0.39, 0.29) is 5.91 Å². The van der Waals surface area contributed by atoms with Gasteiger partial charge in [-0.3, -0.25) is 4.79 Å². The third-order valence-electron chi connectivity index (χ3n) is 3.82. The van der Waals surface area contributed by atoms with Gasteiger partial charge in [0.05, 0.1) is 6.54 Å². The van der Waals surface area contributed by atoms with E-state index < -0.39 is 0 Å². The molecule has 0 saturated heterocycles. The molecular weight excluding hydrogens is 376 g/mol. The van der Waals surface area contributed by atoms with Crippen LogP contribution in [0.25, 0.3) is 0 Å². The number of aryl methyl sites for hydroxylation is 2. The van der Waals surface area contributed by atoms with E-state index in [9.17, 15) is 4.79 Å². The van der Waals surface area contributed by atoms with Crippen LogP contribution in [0.1, 0.15) is 27.2 Å². The number of rotatable bonds is 8. The van der Waals surface area contributed by atoms with Crippen LogP contribution in [0.15, 0.2) is 58.3 Å². The van der Waals surface area contributed by atoms with Gasteiger partial charge in [0.25, 0.3) is 5.91 Å². The Balaban J connectivity index is 1.41. The van der Waals surface area contributed by atoms with Gasteiger partial charge in [-0.25, -0.2) is 4.98 Å². The molecule has 0 saturated carbocycles. The summed E-state index contributed by atoms with van der Waals surface area (Å²) < 4.78 is 6.72. The van der Waals surface area contributed by atoms with Crippen molar-refractivity contribution in [3.05, 3.63) is 76.3 Å². The Bertz CT molecular complexity index is 891. The monoisotopic (exact) mass is 398 g/mol. The molecule has 1 N–H and O–H groups in total. The van der Waals surface area contributed by atoms with Crippen LogP contribution in [-0.4, -0.2) is 24.0 Å². The van der Waals surface area contributed by atoms with E-state index in [0.29, 0.717) is 18.7 Å². The number of amides is 1. The molecule has 140 valence electrons. The Hall–Kier alpha value is -2.31. The minimum Gasteiger partial charge on any atom is -0.492 e. The highest BCUT2D eigenvalue weighted by Gasteiger charge is 2.06. The molecule has 0 aliphatic carbocycles. The van der Waals surface area contributed by atoms with Crippen LogP contribution in [0.2, 0.25) is 0 Å². The average Bonchev–Trinajstić information content (AvgIpc) is 3.09. The second kappa shape index (κ2) is 9.58. The number of benzene rings is 2. The van der Waals surface area contributed by atoms with Gasteiger partial charge in [-0.1, -0.05) is 36.0 Å². The van der Waals surface area contributed by atoms with Gasteiger partial charge in [0, 0.05) is 22.4 Å². The molecule has 2 aromatic carbocycles. The molecule has 6 heteroatoms. The fraction of sp³-hybridized carbons (Fsp3) is 0.238. The molecule has 0 bridgehead atoms. The Kier molecular flexibility index (Phi) is 6.90. The number of ether oxygens (including phenoxy) is 1. The highest BCUT2D eigenvalue weighted by atomic mass is 32.2. The summed E-state index contributed by atoms with van der Waals surface area (Å²) in [6.45, 7) is 4.93. The van der Waals surface area contributed by atoms with Crippen molar-refractivity contribution in [2.45, 2.75) is 23.9 Å². The van der Waals surface area contributed by atoms with Gasteiger partial charge in [-0.2, -0.15) is 0 Å². The fourth-order valence-electron chi connectivity index (χ4n) is 2.44. The zero-order valence-electron chi connectivity index (χ0n) is 15.4. The number of hydrogen-bond acceptors (Lipinski definition) is 5. The van der Waals surface area contributed by atoms with Crippen LogP contribution in [0.5, 0.6) is 5.75 Å². The molecule has 1 aromatic heterocycles. The van der Waals surface area contributed by atoms with E-state index in [2.05, 4.69) is 15.7 Å². The van der Waals surface area contributed by atoms with Crippen molar-refractivity contribution >= 4 is 29.0 Å². The summed E-state index contributed by atoms with van der Waals surface area (Å²) in [6, 6.07) is 15.6.